The molecule has 0 aromatic heterocycles. The molecule has 118 valence electrons. The molecule has 0 aliphatic carbocycles. The highest BCUT2D eigenvalue weighted by molar-refractivity contribution is 8.68. The van der Waals surface area contributed by atoms with E-state index in [1.165, 1.54) is 11.4 Å². The van der Waals surface area contributed by atoms with Crippen molar-refractivity contribution in [3.8, 4) is 0 Å². The maximum absolute atomic E-state index is 12.2. The molecule has 0 radical (unpaired) electrons. The minimum absolute atomic E-state index is 0.317. The number of ether oxygens (including phenoxy) is 1. The van der Waals surface area contributed by atoms with E-state index in [-0.39, 0.29) is 5.97 Å². The van der Waals surface area contributed by atoms with E-state index in [0.717, 1.165) is 5.56 Å². The largest absolute Gasteiger partial charge is 0.465 e. The minimum atomic E-state index is -2.57. The number of carbonyl (C=O) groups excluding carboxylic acids is 1. The van der Waals surface area contributed by atoms with E-state index >= 15 is 0 Å². The lowest BCUT2D eigenvalue weighted by atomic mass is 10.1. The second-order valence-corrected chi connectivity index (χ2v) is 10.2. The number of benzene rings is 1. The van der Waals surface area contributed by atoms with Gasteiger partial charge in [-0.3, -0.25) is 4.79 Å². The molecule has 0 saturated heterocycles. The molecule has 0 bridgehead atoms. The van der Waals surface area contributed by atoms with Gasteiger partial charge in [-0.25, -0.2) is 0 Å². The Bertz CT molecular complexity index is 471. The predicted molar refractivity (Wildman–Crippen MR) is 90.9 cm³/mol. The summed E-state index contributed by atoms with van der Waals surface area (Å²) in [7, 11) is 0. The molecule has 0 spiro atoms. The van der Waals surface area contributed by atoms with Crippen molar-refractivity contribution in [2.75, 3.05) is 19.8 Å². The number of esters is 1. The zero-order valence-corrected chi connectivity index (χ0v) is 15.0. The first-order valence-electron chi connectivity index (χ1n) is 6.85. The summed E-state index contributed by atoms with van der Waals surface area (Å²) in [4.78, 5) is 12.2. The second-order valence-electron chi connectivity index (χ2n) is 3.93. The number of hydrogen-bond donors (Lipinski definition) is 0. The van der Waals surface area contributed by atoms with Gasteiger partial charge in [0.1, 0.15) is 5.25 Å². The molecule has 0 amide bonds. The van der Waals surface area contributed by atoms with Crippen LogP contribution in [0.3, 0.4) is 0 Å². The Hall–Kier alpha value is -0.390. The van der Waals surface area contributed by atoms with E-state index < -0.39 is 10.9 Å². The zero-order valence-electron chi connectivity index (χ0n) is 12.5. The van der Waals surface area contributed by atoms with E-state index in [4.69, 9.17) is 25.6 Å². The smallest absolute Gasteiger partial charge is 0.324 e. The van der Waals surface area contributed by atoms with Crippen molar-refractivity contribution in [1.82, 2.24) is 0 Å². The van der Waals surface area contributed by atoms with E-state index in [1.54, 1.807) is 6.92 Å². The molecule has 1 aromatic rings. The van der Waals surface area contributed by atoms with E-state index in [2.05, 4.69) is 0 Å². The van der Waals surface area contributed by atoms with Crippen LogP contribution in [0.4, 0.5) is 0 Å². The molecule has 0 aliphatic rings. The lowest BCUT2D eigenvalue weighted by Crippen LogP contribution is -2.13. The quantitative estimate of drug-likeness (QED) is 0.489. The van der Waals surface area contributed by atoms with Crippen molar-refractivity contribution in [1.29, 1.82) is 0 Å². The summed E-state index contributed by atoms with van der Waals surface area (Å²) in [6.07, 6.45) is 0. The molecule has 0 fully saturated rings. The highest BCUT2D eigenvalue weighted by Gasteiger charge is 2.32. The van der Waals surface area contributed by atoms with Gasteiger partial charge in [0.15, 0.2) is 0 Å². The van der Waals surface area contributed by atoms with Crippen LogP contribution >= 0.6 is 17.1 Å². The summed E-state index contributed by atoms with van der Waals surface area (Å²) in [5.74, 6) is -0.317. The summed E-state index contributed by atoms with van der Waals surface area (Å²) in [5.41, 5.74) is -1.73. The average Bonchev–Trinajstić information content (AvgIpc) is 2.46. The summed E-state index contributed by atoms with van der Waals surface area (Å²) in [5, 5.41) is -0.532. The highest BCUT2D eigenvalue weighted by Crippen LogP contribution is 2.66. The third-order valence-electron chi connectivity index (χ3n) is 2.41. The molecule has 4 nitrogen and oxygen atoms in total. The lowest BCUT2D eigenvalue weighted by molar-refractivity contribution is -0.142. The Morgan fingerprint density at radius 2 is 1.71 bits per heavy atom. The lowest BCUT2D eigenvalue weighted by Gasteiger charge is -2.24. The van der Waals surface area contributed by atoms with Crippen molar-refractivity contribution in [2.24, 2.45) is 0 Å². The van der Waals surface area contributed by atoms with E-state index in [1.807, 2.05) is 44.2 Å². The van der Waals surface area contributed by atoms with Crippen LogP contribution in [-0.4, -0.2) is 25.8 Å². The van der Waals surface area contributed by atoms with Crippen molar-refractivity contribution in [3.63, 3.8) is 0 Å². The fourth-order valence-electron chi connectivity index (χ4n) is 1.63. The highest BCUT2D eigenvalue weighted by atomic mass is 32.9. The Morgan fingerprint density at radius 1 is 1.14 bits per heavy atom. The molecule has 7 heteroatoms. The Kier molecular flexibility index (Phi) is 8.52. The minimum Gasteiger partial charge on any atom is -0.465 e. The fraction of sp³-hybridized carbons (Fsp3) is 0.500. The topological polar surface area (TPSA) is 44.8 Å². The Balaban J connectivity index is 3.01. The monoisotopic (exact) mass is 348 g/mol. The van der Waals surface area contributed by atoms with Crippen molar-refractivity contribution in [2.45, 2.75) is 26.0 Å². The molecule has 1 atom stereocenters. The molecule has 0 unspecified atom stereocenters. The van der Waals surface area contributed by atoms with Crippen LogP contribution < -0.4 is 0 Å². The molecule has 0 heterocycles. The maximum Gasteiger partial charge on any atom is 0.324 e. The van der Waals surface area contributed by atoms with Crippen molar-refractivity contribution in [3.05, 3.63) is 35.9 Å². The predicted octanol–water partition coefficient (Wildman–Crippen LogP) is 4.32. The first-order chi connectivity index (χ1) is 10.1. The first kappa shape index (κ1) is 18.7. The molecule has 0 N–H and O–H groups in total. The van der Waals surface area contributed by atoms with Crippen LogP contribution in [0, 0.1) is 0 Å². The molecular formula is C14H21O4PS2. The maximum atomic E-state index is 12.2. The second kappa shape index (κ2) is 9.59. The van der Waals surface area contributed by atoms with Gasteiger partial charge >= 0.3 is 5.97 Å². The van der Waals surface area contributed by atoms with Gasteiger partial charge in [-0.15, -0.1) is 0 Å². The van der Waals surface area contributed by atoms with Gasteiger partial charge in [0.25, 0.3) is 0 Å². The van der Waals surface area contributed by atoms with Crippen LogP contribution in [0.2, 0.25) is 0 Å². The average molecular weight is 348 g/mol. The van der Waals surface area contributed by atoms with Crippen LogP contribution in [0.5, 0.6) is 0 Å². The number of rotatable bonds is 9. The Morgan fingerprint density at radius 3 is 2.19 bits per heavy atom. The third kappa shape index (κ3) is 6.09. The number of hydrogen-bond acceptors (Lipinski definition) is 6. The third-order valence-corrected chi connectivity index (χ3v) is 7.94. The SMILES string of the molecule is CCOC(=O)[C@H](SP(=S)(OCC)OCC)c1ccccc1. The van der Waals surface area contributed by atoms with Gasteiger partial charge < -0.3 is 13.8 Å². The fourth-order valence-corrected chi connectivity index (χ4v) is 6.95. The molecule has 0 saturated carbocycles. The standard InChI is InChI=1S/C14H21O4PS2/c1-4-16-14(15)13(12-10-8-7-9-11-12)21-19(20,17-5-2)18-6-3/h7-11,13H,4-6H2,1-3H3/t13-/m1/s1. The van der Waals surface area contributed by atoms with Gasteiger partial charge in [0.05, 0.1) is 19.8 Å². The van der Waals surface area contributed by atoms with Crippen LogP contribution in [0.1, 0.15) is 31.6 Å². The van der Waals surface area contributed by atoms with Crippen LogP contribution in [0.25, 0.3) is 0 Å². The zero-order chi connectivity index (χ0) is 15.7. The van der Waals surface area contributed by atoms with Crippen molar-refractivity contribution < 1.29 is 18.6 Å². The van der Waals surface area contributed by atoms with Crippen LogP contribution in [-0.2, 0) is 30.4 Å². The molecule has 0 aliphatic heterocycles. The van der Waals surface area contributed by atoms with E-state index in [9.17, 15) is 4.79 Å². The van der Waals surface area contributed by atoms with Gasteiger partial charge in [0, 0.05) is 0 Å². The van der Waals surface area contributed by atoms with Crippen LogP contribution in [0.15, 0.2) is 30.3 Å². The molecule has 1 rings (SSSR count). The van der Waals surface area contributed by atoms with Gasteiger partial charge in [0.2, 0.25) is 5.69 Å². The molecule has 21 heavy (non-hydrogen) atoms. The van der Waals surface area contributed by atoms with Gasteiger partial charge in [-0.1, -0.05) is 41.7 Å². The Labute approximate surface area is 135 Å². The van der Waals surface area contributed by atoms with Gasteiger partial charge in [-0.2, -0.15) is 0 Å². The summed E-state index contributed by atoms with van der Waals surface area (Å²) < 4.78 is 16.4. The first-order valence-corrected chi connectivity index (χ1v) is 11.0. The van der Waals surface area contributed by atoms with E-state index in [0.29, 0.717) is 19.8 Å². The number of carbonyl (C=O) groups is 1. The summed E-state index contributed by atoms with van der Waals surface area (Å²) in [6, 6.07) is 9.43. The normalized spacial score (nSPS) is 12.9. The molecule has 1 aromatic carbocycles. The van der Waals surface area contributed by atoms with Crippen molar-refractivity contribution >= 4 is 34.9 Å². The summed E-state index contributed by atoms with van der Waals surface area (Å²) >= 11 is 6.75. The molecular weight excluding hydrogens is 327 g/mol. The van der Waals surface area contributed by atoms with Gasteiger partial charge in [-0.05, 0) is 38.1 Å². The summed E-state index contributed by atoms with van der Waals surface area (Å²) in [6.45, 7) is 6.74.